The minimum Gasteiger partial charge on any atom is -0.496 e. The normalized spacial score (nSPS) is 16.5. The molecule has 5 nitrogen and oxygen atoms in total. The summed E-state index contributed by atoms with van der Waals surface area (Å²) >= 11 is 0. The fourth-order valence-corrected chi connectivity index (χ4v) is 13.7. The minimum atomic E-state index is -1.19. The van der Waals surface area contributed by atoms with Crippen molar-refractivity contribution in [3.05, 3.63) is 173 Å². The molecule has 0 amide bonds. The predicted molar refractivity (Wildman–Crippen MR) is 272 cm³/mol. The van der Waals surface area contributed by atoms with Crippen molar-refractivity contribution in [2.45, 2.75) is 103 Å². The summed E-state index contributed by atoms with van der Waals surface area (Å²) in [5, 5.41) is 1.32. The molecule has 5 aromatic carbocycles. The topological polar surface area (TPSA) is 61.3 Å². The van der Waals surface area contributed by atoms with Crippen LogP contribution in [-0.2, 0) is 4.79 Å². The van der Waals surface area contributed by atoms with E-state index in [2.05, 4.69) is 159 Å². The van der Waals surface area contributed by atoms with Gasteiger partial charge in [0.2, 0.25) is 0 Å². The van der Waals surface area contributed by atoms with Gasteiger partial charge in [-0.3, -0.25) is 14.8 Å². The van der Waals surface area contributed by atoms with Gasteiger partial charge in [0, 0.05) is 59.1 Å². The number of para-hydroxylation sites is 2. The van der Waals surface area contributed by atoms with Crippen molar-refractivity contribution in [2.75, 3.05) is 14.2 Å². The third kappa shape index (κ3) is 9.06. The van der Waals surface area contributed by atoms with Crippen molar-refractivity contribution in [1.29, 1.82) is 0 Å². The Bertz CT molecular complexity index is 2550. The zero-order valence-corrected chi connectivity index (χ0v) is 40.6. The molecule has 65 heavy (non-hydrogen) atoms. The van der Waals surface area contributed by atoms with Gasteiger partial charge < -0.3 is 9.47 Å². The van der Waals surface area contributed by atoms with E-state index in [0.29, 0.717) is 12.8 Å². The Morgan fingerprint density at radius 1 is 0.477 bits per heavy atom. The first kappa shape index (κ1) is 45.7. The number of carbonyl (C=O) groups is 1. The Kier molecular flexibility index (Phi) is 13.8. The van der Waals surface area contributed by atoms with Gasteiger partial charge in [-0.1, -0.05) is 154 Å². The second-order valence-electron chi connectivity index (χ2n) is 18.7. The predicted octanol–water partition coefficient (Wildman–Crippen LogP) is 15.6. The highest BCUT2D eigenvalue weighted by atomic mass is 31.1. The summed E-state index contributed by atoms with van der Waals surface area (Å²) in [6.07, 6.45) is 4.64. The summed E-state index contributed by atoms with van der Waals surface area (Å²) in [5.74, 6) is 2.77. The molecule has 1 aliphatic heterocycles. The fraction of sp³-hybridized carbons (Fsp3) is 0.305. The molecule has 2 aromatic heterocycles. The van der Waals surface area contributed by atoms with Crippen LogP contribution >= 0.6 is 7.92 Å². The average Bonchev–Trinajstić information content (AvgIpc) is 3.33. The van der Waals surface area contributed by atoms with Crippen LogP contribution in [0.4, 0.5) is 0 Å². The van der Waals surface area contributed by atoms with E-state index in [1.807, 2.05) is 36.7 Å². The van der Waals surface area contributed by atoms with Gasteiger partial charge in [-0.15, -0.1) is 0 Å². The molecule has 0 saturated carbocycles. The number of rotatable bonds is 13. The van der Waals surface area contributed by atoms with Crippen molar-refractivity contribution in [1.82, 2.24) is 9.97 Å². The van der Waals surface area contributed by atoms with E-state index >= 15 is 0 Å². The first-order chi connectivity index (χ1) is 31.4. The Morgan fingerprint density at radius 3 is 1.17 bits per heavy atom. The first-order valence-electron chi connectivity index (χ1n) is 23.3. The Balaban J connectivity index is 1.55. The largest absolute Gasteiger partial charge is 0.496 e. The quantitative estimate of drug-likeness (QED) is 0.108. The summed E-state index contributed by atoms with van der Waals surface area (Å²) in [7, 11) is 2.32. The molecule has 1 aliphatic rings. The van der Waals surface area contributed by atoms with Crippen molar-refractivity contribution in [3.8, 4) is 56.0 Å². The first-order valence-corrected chi connectivity index (χ1v) is 24.8. The summed E-state index contributed by atoms with van der Waals surface area (Å²) in [6.45, 7) is 18.6. The highest BCUT2D eigenvalue weighted by Crippen LogP contribution is 2.68. The second-order valence-corrected chi connectivity index (χ2v) is 21.2. The highest BCUT2D eigenvalue weighted by Gasteiger charge is 2.43. The van der Waals surface area contributed by atoms with E-state index in [0.717, 1.165) is 45.1 Å². The molecule has 3 heterocycles. The highest BCUT2D eigenvalue weighted by molar-refractivity contribution is 7.67. The van der Waals surface area contributed by atoms with E-state index in [9.17, 15) is 4.79 Å². The molecule has 7 aromatic rings. The lowest BCUT2D eigenvalue weighted by Crippen LogP contribution is -2.27. The van der Waals surface area contributed by atoms with Crippen LogP contribution in [0.15, 0.2) is 140 Å². The number of aromatic nitrogens is 2. The van der Waals surface area contributed by atoms with Gasteiger partial charge in [0.1, 0.15) is 17.3 Å². The monoisotopic (exact) mass is 878 g/mol. The van der Waals surface area contributed by atoms with Gasteiger partial charge in [0.25, 0.3) is 0 Å². The molecule has 0 radical (unpaired) electrons. The number of Topliss-reactive ketones (excluding diaryl/α,β-unsaturated/α-hetero) is 1. The number of ketones is 1. The average molecular weight is 879 g/mol. The minimum absolute atomic E-state index is 0.130. The third-order valence-electron chi connectivity index (χ3n) is 13.1. The molecule has 0 N–H and O–H groups in total. The molecule has 1 fully saturated rings. The number of pyridine rings is 2. The molecule has 1 saturated heterocycles. The van der Waals surface area contributed by atoms with Gasteiger partial charge in [-0.2, -0.15) is 0 Å². The lowest BCUT2D eigenvalue weighted by atomic mass is 9.79. The van der Waals surface area contributed by atoms with Crippen molar-refractivity contribution in [2.24, 2.45) is 0 Å². The molecule has 2 unspecified atom stereocenters. The maximum absolute atomic E-state index is 14.3. The van der Waals surface area contributed by atoms with Gasteiger partial charge in [0.15, 0.2) is 0 Å². The zero-order chi connectivity index (χ0) is 45.9. The van der Waals surface area contributed by atoms with Gasteiger partial charge in [0.05, 0.1) is 14.2 Å². The number of hydrogen-bond donors (Lipinski definition) is 0. The molecule has 0 bridgehead atoms. The number of carbonyl (C=O) groups excluding carboxylic acids is 1. The molecular weight excluding hydrogens is 816 g/mol. The smallest absolute Gasteiger partial charge is 0.134 e. The number of nitrogens with zero attached hydrogens (tertiary/aromatic N) is 2. The Hall–Kier alpha value is -5.90. The van der Waals surface area contributed by atoms with Crippen LogP contribution in [-0.4, -0.2) is 30.0 Å². The van der Waals surface area contributed by atoms with E-state index < -0.39 is 7.92 Å². The number of methoxy groups -OCH3 is 2. The van der Waals surface area contributed by atoms with Crippen LogP contribution in [0, 0.1) is 0 Å². The third-order valence-corrected chi connectivity index (χ3v) is 16.4. The second kappa shape index (κ2) is 19.7. The van der Waals surface area contributed by atoms with Gasteiger partial charge >= 0.3 is 0 Å². The zero-order valence-electron chi connectivity index (χ0n) is 39.7. The lowest BCUT2D eigenvalue weighted by Gasteiger charge is -2.41. The van der Waals surface area contributed by atoms with E-state index in [4.69, 9.17) is 19.4 Å². The lowest BCUT2D eigenvalue weighted by molar-refractivity contribution is -0.119. The number of hydrogen-bond acceptors (Lipinski definition) is 5. The molecule has 0 spiro atoms. The van der Waals surface area contributed by atoms with Crippen molar-refractivity contribution in [3.63, 3.8) is 0 Å². The summed E-state index contributed by atoms with van der Waals surface area (Å²) in [5.41, 5.74) is 16.4. The standard InChI is InChI=1S/C59H63N2O3P/c1-36(2)47-30-40(43-20-11-13-26-53(43)63-9)31-48(37(3)4)57(47)45-22-19-23-46(58-49(38(5)6)32-41(33-50(58)39(7)8)44-21-12-14-27-54(44)64-10)59(45)65-55(51-24-15-17-28-60-51)34-42(62)35-56(65)52-25-16-18-29-61-52/h11-33,36-39,55-56H,34-35H2,1-10H3. The van der Waals surface area contributed by atoms with E-state index in [1.165, 1.54) is 49.8 Å². The van der Waals surface area contributed by atoms with E-state index in [1.54, 1.807) is 14.2 Å². The Morgan fingerprint density at radius 2 is 0.831 bits per heavy atom. The van der Waals surface area contributed by atoms with Crippen LogP contribution in [0.2, 0.25) is 0 Å². The van der Waals surface area contributed by atoms with Crippen LogP contribution in [0.25, 0.3) is 44.5 Å². The maximum Gasteiger partial charge on any atom is 0.134 e. The maximum atomic E-state index is 14.3. The van der Waals surface area contributed by atoms with Gasteiger partial charge in [-0.25, -0.2) is 0 Å². The van der Waals surface area contributed by atoms with Crippen molar-refractivity contribution >= 4 is 19.0 Å². The molecule has 8 rings (SSSR count). The van der Waals surface area contributed by atoms with Crippen LogP contribution in [0.3, 0.4) is 0 Å². The number of ether oxygens (including phenoxy) is 2. The summed E-state index contributed by atoms with van der Waals surface area (Å²) in [6, 6.07) is 45.8. The molecule has 2 atom stereocenters. The van der Waals surface area contributed by atoms with Crippen LogP contribution in [0.5, 0.6) is 11.5 Å². The molecular formula is C59H63N2O3P. The van der Waals surface area contributed by atoms with Crippen molar-refractivity contribution < 1.29 is 14.3 Å². The van der Waals surface area contributed by atoms with Gasteiger partial charge in [-0.05, 0) is 121 Å². The molecule has 332 valence electrons. The fourth-order valence-electron chi connectivity index (χ4n) is 10.0. The SMILES string of the molecule is COc1ccccc1-c1cc(C(C)C)c(-c2cccc(-c3c(C(C)C)cc(-c4ccccc4OC)cc3C(C)C)c2P2C(c3ccccn3)CC(=O)CC2c2ccccn2)c(C(C)C)c1. The van der Waals surface area contributed by atoms with Crippen LogP contribution < -0.4 is 14.8 Å². The number of benzene rings is 5. The molecule has 6 heteroatoms. The molecule has 0 aliphatic carbocycles. The van der Waals surface area contributed by atoms with E-state index in [-0.39, 0.29) is 40.8 Å². The Labute approximate surface area is 388 Å². The van der Waals surface area contributed by atoms with Crippen LogP contribution in [0.1, 0.15) is 137 Å². The summed E-state index contributed by atoms with van der Waals surface area (Å²) < 4.78 is 11.9. The summed E-state index contributed by atoms with van der Waals surface area (Å²) in [4.78, 5) is 24.4.